The van der Waals surface area contributed by atoms with Crippen LogP contribution < -0.4 is 15.5 Å². The van der Waals surface area contributed by atoms with Crippen LogP contribution in [-0.2, 0) is 0 Å². The Morgan fingerprint density at radius 3 is 3.12 bits per heavy atom. The summed E-state index contributed by atoms with van der Waals surface area (Å²) < 4.78 is 13.4. The Balaban J connectivity index is 2.14. The first kappa shape index (κ1) is 10.8. The first-order valence-corrected chi connectivity index (χ1v) is 5.82. The standard InChI is InChI=1S/C11H11ClFN3O/c12-10-6(13)1-2-7-9(10)11(17)15-8-5-14-3-4-16(7)8/h1-2,8,14H,3-5H2,(H,15,17)/t8-/m1/s1. The van der Waals surface area contributed by atoms with E-state index >= 15 is 0 Å². The van der Waals surface area contributed by atoms with Crippen molar-refractivity contribution in [3.63, 3.8) is 0 Å². The second-order valence-electron chi connectivity index (χ2n) is 4.14. The Kier molecular flexibility index (Phi) is 2.45. The van der Waals surface area contributed by atoms with Gasteiger partial charge in [-0.1, -0.05) is 11.6 Å². The van der Waals surface area contributed by atoms with E-state index in [0.29, 0.717) is 12.2 Å². The van der Waals surface area contributed by atoms with Crippen LogP contribution in [0.2, 0.25) is 5.02 Å². The van der Waals surface area contributed by atoms with Gasteiger partial charge >= 0.3 is 0 Å². The van der Waals surface area contributed by atoms with Gasteiger partial charge in [-0.25, -0.2) is 4.39 Å². The molecule has 6 heteroatoms. The van der Waals surface area contributed by atoms with Gasteiger partial charge in [0.15, 0.2) is 0 Å². The van der Waals surface area contributed by atoms with E-state index in [1.807, 2.05) is 4.90 Å². The molecule has 1 aromatic rings. The average Bonchev–Trinajstić information content (AvgIpc) is 2.33. The highest BCUT2D eigenvalue weighted by Crippen LogP contribution is 2.33. The summed E-state index contributed by atoms with van der Waals surface area (Å²) in [7, 11) is 0. The maximum Gasteiger partial charge on any atom is 0.256 e. The molecule has 2 N–H and O–H groups in total. The maximum absolute atomic E-state index is 13.4. The molecule has 90 valence electrons. The van der Waals surface area contributed by atoms with Crippen LogP contribution in [0, 0.1) is 5.82 Å². The molecule has 0 aromatic heterocycles. The number of nitrogens with zero attached hydrogens (tertiary/aromatic N) is 1. The van der Waals surface area contributed by atoms with Gasteiger partial charge in [0.25, 0.3) is 5.91 Å². The van der Waals surface area contributed by atoms with Crippen LogP contribution >= 0.6 is 11.6 Å². The molecule has 3 rings (SSSR count). The second-order valence-corrected chi connectivity index (χ2v) is 4.52. The van der Waals surface area contributed by atoms with Crippen LogP contribution in [0.15, 0.2) is 12.1 Å². The number of carbonyl (C=O) groups excluding carboxylic acids is 1. The lowest BCUT2D eigenvalue weighted by atomic mass is 10.1. The number of piperazine rings is 1. The predicted octanol–water partition coefficient (Wildman–Crippen LogP) is 0.958. The topological polar surface area (TPSA) is 44.4 Å². The lowest BCUT2D eigenvalue weighted by Gasteiger charge is -2.42. The van der Waals surface area contributed by atoms with E-state index in [2.05, 4.69) is 10.6 Å². The average molecular weight is 256 g/mol. The van der Waals surface area contributed by atoms with Crippen molar-refractivity contribution in [2.45, 2.75) is 6.17 Å². The molecule has 1 fully saturated rings. The van der Waals surface area contributed by atoms with Gasteiger partial charge in [0.2, 0.25) is 0 Å². The summed E-state index contributed by atoms with van der Waals surface area (Å²) in [6.45, 7) is 2.28. The van der Waals surface area contributed by atoms with Gasteiger partial charge < -0.3 is 15.5 Å². The minimum atomic E-state index is -0.561. The normalized spacial score (nSPS) is 22.8. The number of carbonyl (C=O) groups is 1. The number of fused-ring (bicyclic) bond motifs is 3. The van der Waals surface area contributed by atoms with Gasteiger partial charge in [-0.15, -0.1) is 0 Å². The third-order valence-electron chi connectivity index (χ3n) is 3.15. The highest BCUT2D eigenvalue weighted by atomic mass is 35.5. The Hall–Kier alpha value is -1.33. The van der Waals surface area contributed by atoms with Crippen molar-refractivity contribution in [2.24, 2.45) is 0 Å². The zero-order valence-corrected chi connectivity index (χ0v) is 9.72. The van der Waals surface area contributed by atoms with Gasteiger partial charge in [0, 0.05) is 19.6 Å². The molecule has 2 aliphatic heterocycles. The minimum absolute atomic E-state index is 0.0784. The monoisotopic (exact) mass is 255 g/mol. The summed E-state index contributed by atoms with van der Waals surface area (Å²) >= 11 is 5.86. The minimum Gasteiger partial charge on any atom is -0.348 e. The number of benzene rings is 1. The molecular weight excluding hydrogens is 245 g/mol. The molecule has 0 spiro atoms. The summed E-state index contributed by atoms with van der Waals surface area (Å²) in [4.78, 5) is 13.9. The highest BCUT2D eigenvalue weighted by Gasteiger charge is 2.34. The summed E-state index contributed by atoms with van der Waals surface area (Å²) in [6, 6.07) is 2.92. The molecule has 0 unspecified atom stereocenters. The van der Waals surface area contributed by atoms with Gasteiger partial charge in [0.1, 0.15) is 12.0 Å². The lowest BCUT2D eigenvalue weighted by Crippen LogP contribution is -2.62. The number of amides is 1. The summed E-state index contributed by atoms with van der Waals surface area (Å²) in [5.74, 6) is -0.872. The second kappa shape index (κ2) is 3.85. The van der Waals surface area contributed by atoms with Crippen LogP contribution in [-0.4, -0.2) is 31.7 Å². The molecule has 0 aliphatic carbocycles. The van der Waals surface area contributed by atoms with Gasteiger partial charge in [-0.3, -0.25) is 4.79 Å². The third kappa shape index (κ3) is 1.57. The molecule has 0 bridgehead atoms. The first-order chi connectivity index (χ1) is 8.18. The van der Waals surface area contributed by atoms with Crippen LogP contribution in [0.1, 0.15) is 10.4 Å². The fourth-order valence-corrected chi connectivity index (χ4v) is 2.59. The van der Waals surface area contributed by atoms with Crippen molar-refractivity contribution in [3.05, 3.63) is 28.5 Å². The molecule has 1 saturated heterocycles. The molecular formula is C11H11ClFN3O. The molecule has 2 aliphatic rings. The van der Waals surface area contributed by atoms with Crippen LogP contribution in [0.4, 0.5) is 10.1 Å². The largest absolute Gasteiger partial charge is 0.348 e. The van der Waals surface area contributed by atoms with Crippen molar-refractivity contribution in [2.75, 3.05) is 24.5 Å². The van der Waals surface area contributed by atoms with Crippen LogP contribution in [0.25, 0.3) is 0 Å². The fraction of sp³-hybridized carbons (Fsp3) is 0.364. The Labute approximate surface area is 103 Å². The van der Waals surface area contributed by atoms with Crippen molar-refractivity contribution in [3.8, 4) is 0 Å². The maximum atomic E-state index is 13.4. The van der Waals surface area contributed by atoms with E-state index < -0.39 is 5.82 Å². The Morgan fingerprint density at radius 1 is 1.47 bits per heavy atom. The summed E-state index contributed by atoms with van der Waals surface area (Å²) in [5.41, 5.74) is 0.955. The van der Waals surface area contributed by atoms with Crippen LogP contribution in [0.5, 0.6) is 0 Å². The smallest absolute Gasteiger partial charge is 0.256 e. The number of rotatable bonds is 0. The van der Waals surface area contributed by atoms with Crippen molar-refractivity contribution < 1.29 is 9.18 Å². The predicted molar refractivity (Wildman–Crippen MR) is 62.9 cm³/mol. The summed E-state index contributed by atoms with van der Waals surface area (Å²) in [6.07, 6.45) is -0.0784. The highest BCUT2D eigenvalue weighted by molar-refractivity contribution is 6.35. The number of halogens is 2. The van der Waals surface area contributed by atoms with Crippen molar-refractivity contribution >= 4 is 23.2 Å². The Morgan fingerprint density at radius 2 is 2.29 bits per heavy atom. The Bertz CT molecular complexity index is 494. The van der Waals surface area contributed by atoms with E-state index in [-0.39, 0.29) is 22.7 Å². The molecule has 0 radical (unpaired) electrons. The van der Waals surface area contributed by atoms with E-state index in [4.69, 9.17) is 11.6 Å². The van der Waals surface area contributed by atoms with E-state index in [0.717, 1.165) is 13.1 Å². The van der Waals surface area contributed by atoms with Gasteiger partial charge in [-0.05, 0) is 12.1 Å². The van der Waals surface area contributed by atoms with Crippen LogP contribution in [0.3, 0.4) is 0 Å². The number of anilines is 1. The van der Waals surface area contributed by atoms with E-state index in [1.54, 1.807) is 6.07 Å². The number of nitrogens with one attached hydrogen (secondary N) is 2. The van der Waals surface area contributed by atoms with E-state index in [1.165, 1.54) is 6.07 Å². The quantitative estimate of drug-likeness (QED) is 0.726. The van der Waals surface area contributed by atoms with Gasteiger partial charge in [0.05, 0.1) is 16.3 Å². The molecule has 4 nitrogen and oxygen atoms in total. The molecule has 0 saturated carbocycles. The zero-order chi connectivity index (χ0) is 12.0. The van der Waals surface area contributed by atoms with Crippen molar-refractivity contribution in [1.82, 2.24) is 10.6 Å². The first-order valence-electron chi connectivity index (χ1n) is 5.44. The SMILES string of the molecule is O=C1N[C@H]2CNCCN2c2ccc(F)c(Cl)c21. The summed E-state index contributed by atoms with van der Waals surface area (Å²) in [5, 5.41) is 5.91. The number of hydrogen-bond donors (Lipinski definition) is 2. The van der Waals surface area contributed by atoms with E-state index in [9.17, 15) is 9.18 Å². The molecule has 1 atom stereocenters. The molecule has 1 aromatic carbocycles. The van der Waals surface area contributed by atoms with Gasteiger partial charge in [-0.2, -0.15) is 0 Å². The molecule has 17 heavy (non-hydrogen) atoms. The third-order valence-corrected chi connectivity index (χ3v) is 3.52. The number of hydrogen-bond acceptors (Lipinski definition) is 3. The lowest BCUT2D eigenvalue weighted by molar-refractivity contribution is 0.0922. The zero-order valence-electron chi connectivity index (χ0n) is 8.96. The molecule has 1 amide bonds. The molecule has 2 heterocycles. The van der Waals surface area contributed by atoms with Crippen molar-refractivity contribution in [1.29, 1.82) is 0 Å². The fourth-order valence-electron chi connectivity index (χ4n) is 2.34.